The third-order valence-electron chi connectivity index (χ3n) is 11.2. The van der Waals surface area contributed by atoms with Crippen molar-refractivity contribution < 1.29 is 4.42 Å². The molecule has 56 heavy (non-hydrogen) atoms. The molecule has 1 aromatic heterocycles. The van der Waals surface area contributed by atoms with Crippen molar-refractivity contribution in [2.24, 2.45) is 0 Å². The topological polar surface area (TPSA) is 16.4 Å². The highest BCUT2D eigenvalue weighted by molar-refractivity contribution is 6.25. The molecule has 1 heterocycles. The van der Waals surface area contributed by atoms with Crippen molar-refractivity contribution in [3.63, 3.8) is 0 Å². The molecule has 10 aromatic carbocycles. The van der Waals surface area contributed by atoms with E-state index in [1.807, 2.05) is 0 Å². The average molecular weight is 714 g/mol. The van der Waals surface area contributed by atoms with E-state index in [0.717, 1.165) is 66.6 Å². The molecule has 0 radical (unpaired) electrons. The summed E-state index contributed by atoms with van der Waals surface area (Å²) in [5, 5.41) is 9.42. The molecule has 0 amide bonds. The van der Waals surface area contributed by atoms with Crippen molar-refractivity contribution in [3.8, 4) is 33.4 Å². The summed E-state index contributed by atoms with van der Waals surface area (Å²) < 4.78 is 6.80. The number of benzene rings is 10. The third kappa shape index (κ3) is 5.34. The Balaban J connectivity index is 1.14. The largest absolute Gasteiger partial charge is 0.455 e. The van der Waals surface area contributed by atoms with Crippen LogP contribution in [0.25, 0.3) is 87.6 Å². The number of rotatable bonds is 6. The Morgan fingerprint density at radius 2 is 0.911 bits per heavy atom. The van der Waals surface area contributed by atoms with Gasteiger partial charge in [0.1, 0.15) is 11.2 Å². The molecular weight excluding hydrogens is 679 g/mol. The van der Waals surface area contributed by atoms with Gasteiger partial charge in [0.05, 0.1) is 5.69 Å². The minimum Gasteiger partial charge on any atom is -0.455 e. The van der Waals surface area contributed by atoms with Gasteiger partial charge < -0.3 is 9.32 Å². The van der Waals surface area contributed by atoms with Crippen molar-refractivity contribution >= 4 is 71.3 Å². The fourth-order valence-electron chi connectivity index (χ4n) is 8.53. The Hall–Kier alpha value is -7.42. The van der Waals surface area contributed by atoms with Gasteiger partial charge in [0.25, 0.3) is 0 Å². The number of furan rings is 1. The highest BCUT2D eigenvalue weighted by Gasteiger charge is 2.21. The molecule has 0 bridgehead atoms. The van der Waals surface area contributed by atoms with Gasteiger partial charge >= 0.3 is 0 Å². The SMILES string of the molecule is c1ccc(-c2ccc(N(c3ccc4ccccc4c3)c3ccc(-c4cc5oc6c7ccccc7ccc6c5c5ccccc45)cc3-c3ccccc3)cc2)cc1. The van der Waals surface area contributed by atoms with Gasteiger partial charge in [0.2, 0.25) is 0 Å². The lowest BCUT2D eigenvalue weighted by Crippen LogP contribution is -2.11. The molecule has 0 fully saturated rings. The van der Waals surface area contributed by atoms with E-state index in [4.69, 9.17) is 4.42 Å². The van der Waals surface area contributed by atoms with Gasteiger partial charge in [-0.3, -0.25) is 0 Å². The summed E-state index contributed by atoms with van der Waals surface area (Å²) >= 11 is 0. The van der Waals surface area contributed by atoms with Gasteiger partial charge in [-0.25, -0.2) is 0 Å². The molecule has 0 N–H and O–H groups in total. The third-order valence-corrected chi connectivity index (χ3v) is 11.2. The van der Waals surface area contributed by atoms with E-state index in [2.05, 4.69) is 217 Å². The number of hydrogen-bond acceptors (Lipinski definition) is 2. The fourth-order valence-corrected chi connectivity index (χ4v) is 8.53. The Morgan fingerprint density at radius 1 is 0.321 bits per heavy atom. The van der Waals surface area contributed by atoms with Crippen LogP contribution in [0.2, 0.25) is 0 Å². The maximum atomic E-state index is 6.80. The zero-order valence-corrected chi connectivity index (χ0v) is 30.6. The standard InChI is InChI=1S/C54H35NO/c1-3-13-36(14-4-1)38-23-28-43(29-24-38)55(44-30-25-37-15-7-8-19-41(37)33-44)51-32-27-42(34-50(51)39-16-5-2-6-17-39)49-35-52-53(47-22-12-11-21-46(47)49)48-31-26-40-18-9-10-20-45(40)54(48)56-52/h1-35H. The number of anilines is 3. The van der Waals surface area contributed by atoms with Gasteiger partial charge in [0, 0.05) is 33.1 Å². The molecule has 0 unspecified atom stereocenters. The van der Waals surface area contributed by atoms with E-state index in [-0.39, 0.29) is 0 Å². The van der Waals surface area contributed by atoms with Crippen molar-refractivity contribution in [2.45, 2.75) is 0 Å². The van der Waals surface area contributed by atoms with Crippen LogP contribution >= 0.6 is 0 Å². The van der Waals surface area contributed by atoms with Gasteiger partial charge in [-0.15, -0.1) is 0 Å². The zero-order valence-electron chi connectivity index (χ0n) is 30.6. The normalized spacial score (nSPS) is 11.6. The first-order valence-corrected chi connectivity index (χ1v) is 19.2. The molecule has 0 aliphatic heterocycles. The van der Waals surface area contributed by atoms with Crippen LogP contribution in [0.3, 0.4) is 0 Å². The molecule has 0 spiro atoms. The molecular formula is C54H35NO. The second kappa shape index (κ2) is 13.2. The molecule has 2 heteroatoms. The number of nitrogens with zero attached hydrogens (tertiary/aromatic N) is 1. The Bertz CT molecular complexity index is 3230. The van der Waals surface area contributed by atoms with Crippen molar-refractivity contribution in [1.29, 1.82) is 0 Å². The van der Waals surface area contributed by atoms with Crippen LogP contribution < -0.4 is 4.90 Å². The lowest BCUT2D eigenvalue weighted by atomic mass is 9.91. The molecule has 262 valence electrons. The molecule has 0 saturated carbocycles. The molecule has 0 atom stereocenters. The molecule has 11 aromatic rings. The van der Waals surface area contributed by atoms with Crippen molar-refractivity contribution in [3.05, 3.63) is 212 Å². The summed E-state index contributed by atoms with van der Waals surface area (Å²) in [4.78, 5) is 2.40. The number of fused-ring (bicyclic) bond motifs is 8. The summed E-state index contributed by atoms with van der Waals surface area (Å²) in [6.45, 7) is 0. The van der Waals surface area contributed by atoms with Crippen LogP contribution in [-0.4, -0.2) is 0 Å². The summed E-state index contributed by atoms with van der Waals surface area (Å²) in [5.74, 6) is 0. The zero-order chi connectivity index (χ0) is 37.0. The van der Waals surface area contributed by atoms with Crippen LogP contribution in [0.1, 0.15) is 0 Å². The maximum absolute atomic E-state index is 6.80. The smallest absolute Gasteiger partial charge is 0.143 e. The fraction of sp³-hybridized carbons (Fsp3) is 0. The van der Waals surface area contributed by atoms with Crippen molar-refractivity contribution in [2.75, 3.05) is 4.90 Å². The van der Waals surface area contributed by atoms with E-state index in [1.54, 1.807) is 0 Å². The highest BCUT2D eigenvalue weighted by Crippen LogP contribution is 2.46. The van der Waals surface area contributed by atoms with Gasteiger partial charge in [-0.1, -0.05) is 164 Å². The second-order valence-electron chi connectivity index (χ2n) is 14.5. The first-order valence-electron chi connectivity index (χ1n) is 19.2. The first-order chi connectivity index (χ1) is 27.8. The van der Waals surface area contributed by atoms with Crippen LogP contribution in [-0.2, 0) is 0 Å². The molecule has 0 saturated heterocycles. The summed E-state index contributed by atoms with van der Waals surface area (Å²) in [6.07, 6.45) is 0. The summed E-state index contributed by atoms with van der Waals surface area (Å²) in [6, 6.07) is 76.5. The summed E-state index contributed by atoms with van der Waals surface area (Å²) in [7, 11) is 0. The molecule has 0 aliphatic rings. The van der Waals surface area contributed by atoms with Crippen LogP contribution in [0.15, 0.2) is 217 Å². The monoisotopic (exact) mass is 713 g/mol. The minimum atomic E-state index is 0.895. The predicted molar refractivity (Wildman–Crippen MR) is 237 cm³/mol. The van der Waals surface area contributed by atoms with E-state index in [9.17, 15) is 0 Å². The van der Waals surface area contributed by atoms with E-state index >= 15 is 0 Å². The summed E-state index contributed by atoms with van der Waals surface area (Å²) in [5.41, 5.74) is 12.1. The first kappa shape index (κ1) is 32.0. The van der Waals surface area contributed by atoms with Crippen LogP contribution in [0, 0.1) is 0 Å². The predicted octanol–water partition coefficient (Wildman–Crippen LogP) is 15.5. The lowest BCUT2D eigenvalue weighted by molar-refractivity contribution is 0.673. The van der Waals surface area contributed by atoms with Crippen molar-refractivity contribution in [1.82, 2.24) is 0 Å². The maximum Gasteiger partial charge on any atom is 0.143 e. The van der Waals surface area contributed by atoms with Crippen LogP contribution in [0.5, 0.6) is 0 Å². The number of hydrogen-bond donors (Lipinski definition) is 0. The highest BCUT2D eigenvalue weighted by atomic mass is 16.3. The Labute approximate surface area is 325 Å². The van der Waals surface area contributed by atoms with Crippen LogP contribution in [0.4, 0.5) is 17.1 Å². The molecule has 0 aliphatic carbocycles. The van der Waals surface area contributed by atoms with E-state index < -0.39 is 0 Å². The molecule has 11 rings (SSSR count). The minimum absolute atomic E-state index is 0.895. The lowest BCUT2D eigenvalue weighted by Gasteiger charge is -2.29. The quantitative estimate of drug-likeness (QED) is 0.171. The Morgan fingerprint density at radius 3 is 1.70 bits per heavy atom. The van der Waals surface area contributed by atoms with Gasteiger partial charge in [-0.05, 0) is 103 Å². The second-order valence-corrected chi connectivity index (χ2v) is 14.5. The van der Waals surface area contributed by atoms with E-state index in [0.29, 0.717) is 0 Å². The van der Waals surface area contributed by atoms with E-state index in [1.165, 1.54) is 38.1 Å². The van der Waals surface area contributed by atoms with Gasteiger partial charge in [-0.2, -0.15) is 0 Å². The molecule has 2 nitrogen and oxygen atoms in total. The Kier molecular flexibility index (Phi) is 7.53. The van der Waals surface area contributed by atoms with Gasteiger partial charge in [0.15, 0.2) is 0 Å². The average Bonchev–Trinajstić information content (AvgIpc) is 3.67.